The van der Waals surface area contributed by atoms with Crippen LogP contribution in [0.3, 0.4) is 0 Å². The number of ether oxygens (including phenoxy) is 13. The number of benzene rings is 1. The lowest BCUT2D eigenvalue weighted by Gasteiger charge is -2.12. The van der Waals surface area contributed by atoms with Crippen molar-refractivity contribution < 1.29 is 76.6 Å². The molecule has 2 N–H and O–H groups in total. The lowest BCUT2D eigenvalue weighted by atomic mass is 10.2. The van der Waals surface area contributed by atoms with Crippen molar-refractivity contribution >= 4 is 5.97 Å². The summed E-state index contributed by atoms with van der Waals surface area (Å²) in [5.74, 6) is 0.385. The van der Waals surface area contributed by atoms with E-state index in [-0.39, 0.29) is 26.4 Å². The Morgan fingerprint density at radius 2 is 0.667 bits per heavy atom. The zero-order valence-electron chi connectivity index (χ0n) is 28.3. The van der Waals surface area contributed by atoms with E-state index in [1.807, 2.05) is 0 Å². The van der Waals surface area contributed by atoms with Crippen molar-refractivity contribution in [3.05, 3.63) is 23.8 Å². The molecule has 0 heterocycles. The topological polar surface area (TPSA) is 178 Å². The molecule has 0 aliphatic carbocycles. The van der Waals surface area contributed by atoms with Gasteiger partial charge < -0.3 is 71.8 Å². The number of carbonyl (C=O) groups excluding carboxylic acids is 1. The Bertz CT molecular complexity index is 790. The summed E-state index contributed by atoms with van der Waals surface area (Å²) < 4.78 is 70.1. The fourth-order valence-corrected chi connectivity index (χ4v) is 3.50. The molecule has 0 saturated heterocycles. The number of hydrogen-bond donors (Lipinski definition) is 2. The first-order valence-corrected chi connectivity index (χ1v) is 16.2. The van der Waals surface area contributed by atoms with Crippen LogP contribution in [0.1, 0.15) is 10.4 Å². The Labute approximate surface area is 283 Å². The smallest absolute Gasteiger partial charge is 0.338 e. The van der Waals surface area contributed by atoms with Gasteiger partial charge in [-0.3, -0.25) is 0 Å². The Hall–Kier alpha value is -2.19. The third-order valence-corrected chi connectivity index (χ3v) is 5.74. The van der Waals surface area contributed by atoms with E-state index in [1.54, 1.807) is 18.2 Å². The summed E-state index contributed by atoms with van der Waals surface area (Å²) in [6, 6.07) is 4.85. The fraction of sp³-hybridized carbons (Fsp3) is 0.781. The molecule has 0 amide bonds. The predicted octanol–water partition coefficient (Wildman–Crippen LogP) is 0.381. The second-order valence-electron chi connectivity index (χ2n) is 9.45. The SMILES string of the molecule is COC(=O)c1cc(OCCOCCOCCOCCOCCOCCO)cc(OCCOCCOCCOCCOCCOCCO)c1. The first-order chi connectivity index (χ1) is 23.7. The third-order valence-electron chi connectivity index (χ3n) is 5.74. The number of methoxy groups -OCH3 is 1. The van der Waals surface area contributed by atoms with Crippen LogP contribution in [0.15, 0.2) is 18.2 Å². The van der Waals surface area contributed by atoms with E-state index in [9.17, 15) is 4.79 Å². The number of aliphatic hydroxyl groups excluding tert-OH is 2. The van der Waals surface area contributed by atoms with E-state index in [0.717, 1.165) is 0 Å². The molecule has 0 radical (unpaired) electrons. The number of esters is 1. The van der Waals surface area contributed by atoms with Gasteiger partial charge in [-0.15, -0.1) is 0 Å². The first kappa shape index (κ1) is 43.8. The Kier molecular flexibility index (Phi) is 31.7. The molecule has 1 rings (SSSR count). The summed E-state index contributed by atoms with van der Waals surface area (Å²) in [5, 5.41) is 17.2. The van der Waals surface area contributed by atoms with Crippen LogP contribution in [0.2, 0.25) is 0 Å². The van der Waals surface area contributed by atoms with Crippen molar-refractivity contribution in [2.24, 2.45) is 0 Å². The molecule has 0 unspecified atom stereocenters. The van der Waals surface area contributed by atoms with Crippen molar-refractivity contribution in [3.8, 4) is 11.5 Å². The maximum absolute atomic E-state index is 12.1. The molecule has 0 saturated carbocycles. The Morgan fingerprint density at radius 3 is 0.917 bits per heavy atom. The molecule has 280 valence electrons. The van der Waals surface area contributed by atoms with Crippen LogP contribution >= 0.6 is 0 Å². The van der Waals surface area contributed by atoms with E-state index in [1.165, 1.54) is 7.11 Å². The summed E-state index contributed by atoms with van der Waals surface area (Å²) >= 11 is 0. The van der Waals surface area contributed by atoms with Crippen molar-refractivity contribution in [1.82, 2.24) is 0 Å². The monoisotopic (exact) mass is 696 g/mol. The first-order valence-electron chi connectivity index (χ1n) is 16.2. The van der Waals surface area contributed by atoms with Crippen molar-refractivity contribution in [3.63, 3.8) is 0 Å². The second-order valence-corrected chi connectivity index (χ2v) is 9.45. The summed E-state index contributed by atoms with van der Waals surface area (Å²) in [6.45, 7) is 8.93. The second kappa shape index (κ2) is 34.7. The molecule has 0 aromatic heterocycles. The summed E-state index contributed by atoms with van der Waals surface area (Å²) in [7, 11) is 1.31. The van der Waals surface area contributed by atoms with Gasteiger partial charge in [0.2, 0.25) is 0 Å². The average molecular weight is 697 g/mol. The minimum atomic E-state index is -0.507. The van der Waals surface area contributed by atoms with Crippen LogP contribution in [0.4, 0.5) is 0 Å². The van der Waals surface area contributed by atoms with E-state index in [2.05, 4.69) is 0 Å². The van der Waals surface area contributed by atoms with Crippen molar-refractivity contribution in [2.45, 2.75) is 0 Å². The van der Waals surface area contributed by atoms with Crippen LogP contribution in [-0.2, 0) is 52.1 Å². The normalized spacial score (nSPS) is 11.2. The lowest BCUT2D eigenvalue weighted by molar-refractivity contribution is -0.0147. The van der Waals surface area contributed by atoms with E-state index < -0.39 is 5.97 Å². The largest absolute Gasteiger partial charge is 0.491 e. The van der Waals surface area contributed by atoms with Crippen LogP contribution < -0.4 is 9.47 Å². The molecule has 0 atom stereocenters. The molecule has 0 fully saturated rings. The summed E-state index contributed by atoms with van der Waals surface area (Å²) in [6.07, 6.45) is 0. The Morgan fingerprint density at radius 1 is 0.417 bits per heavy atom. The van der Waals surface area contributed by atoms with Crippen LogP contribution in [0.25, 0.3) is 0 Å². The molecule has 0 aliphatic rings. The maximum Gasteiger partial charge on any atom is 0.338 e. The molecule has 0 spiro atoms. The van der Waals surface area contributed by atoms with Gasteiger partial charge in [0.15, 0.2) is 0 Å². The highest BCUT2D eigenvalue weighted by Crippen LogP contribution is 2.23. The highest BCUT2D eigenvalue weighted by Gasteiger charge is 2.11. The van der Waals surface area contributed by atoms with Gasteiger partial charge in [0.1, 0.15) is 24.7 Å². The molecule has 16 heteroatoms. The van der Waals surface area contributed by atoms with Gasteiger partial charge in [-0.2, -0.15) is 0 Å². The van der Waals surface area contributed by atoms with Gasteiger partial charge in [-0.05, 0) is 12.1 Å². The molecule has 16 nitrogen and oxygen atoms in total. The van der Waals surface area contributed by atoms with Crippen molar-refractivity contribution in [2.75, 3.05) is 166 Å². The minimum absolute atomic E-state index is 0.00547. The molecule has 1 aromatic rings. The fourth-order valence-electron chi connectivity index (χ4n) is 3.50. The van der Waals surface area contributed by atoms with Gasteiger partial charge in [-0.25, -0.2) is 4.79 Å². The molecular weight excluding hydrogens is 640 g/mol. The number of hydrogen-bond acceptors (Lipinski definition) is 16. The molecule has 0 bridgehead atoms. The van der Waals surface area contributed by atoms with Crippen LogP contribution in [-0.4, -0.2) is 182 Å². The van der Waals surface area contributed by atoms with Gasteiger partial charge in [-0.1, -0.05) is 0 Å². The molecular formula is C32H56O16. The van der Waals surface area contributed by atoms with E-state index >= 15 is 0 Å². The highest BCUT2D eigenvalue weighted by atomic mass is 16.6. The van der Waals surface area contributed by atoms with Gasteiger partial charge in [0.25, 0.3) is 0 Å². The zero-order valence-corrected chi connectivity index (χ0v) is 28.3. The minimum Gasteiger partial charge on any atom is -0.491 e. The number of aliphatic hydroxyl groups is 2. The number of carbonyl (C=O) groups is 1. The maximum atomic E-state index is 12.1. The average Bonchev–Trinajstić information content (AvgIpc) is 3.10. The molecule has 0 aliphatic heterocycles. The number of rotatable bonds is 37. The summed E-state index contributed by atoms with van der Waals surface area (Å²) in [4.78, 5) is 12.1. The van der Waals surface area contributed by atoms with Crippen LogP contribution in [0, 0.1) is 0 Å². The quantitative estimate of drug-likeness (QED) is 0.0720. The van der Waals surface area contributed by atoms with Gasteiger partial charge in [0.05, 0.1) is 158 Å². The standard InChI is InChI=1S/C32H56O16/c1-36-32(35)29-26-30(47-24-22-45-20-18-43-16-14-41-12-10-39-8-6-37-4-2-33)28-31(27-29)48-25-23-46-21-19-44-17-15-42-13-11-40-9-7-38-5-3-34/h26-28,33-34H,2-25H2,1H3. The summed E-state index contributed by atoms with van der Waals surface area (Å²) in [5.41, 5.74) is 0.301. The van der Waals surface area contributed by atoms with Crippen LogP contribution in [0.5, 0.6) is 11.5 Å². The zero-order chi connectivity index (χ0) is 34.6. The van der Waals surface area contributed by atoms with Gasteiger partial charge >= 0.3 is 5.97 Å². The Balaban J connectivity index is 2.06. The van der Waals surface area contributed by atoms with Crippen molar-refractivity contribution in [1.29, 1.82) is 0 Å². The third kappa shape index (κ3) is 27.7. The lowest BCUT2D eigenvalue weighted by Crippen LogP contribution is -2.15. The van der Waals surface area contributed by atoms with E-state index in [0.29, 0.717) is 149 Å². The molecule has 48 heavy (non-hydrogen) atoms. The highest BCUT2D eigenvalue weighted by molar-refractivity contribution is 5.90. The predicted molar refractivity (Wildman–Crippen MR) is 171 cm³/mol. The van der Waals surface area contributed by atoms with E-state index in [4.69, 9.17) is 71.8 Å². The molecule has 1 aromatic carbocycles. The van der Waals surface area contributed by atoms with Gasteiger partial charge in [0, 0.05) is 6.07 Å².